The summed E-state index contributed by atoms with van der Waals surface area (Å²) in [5.74, 6) is 0.485. The second-order valence-electron chi connectivity index (χ2n) is 4.17. The van der Waals surface area contributed by atoms with Gasteiger partial charge in [0.2, 0.25) is 0 Å². The maximum absolute atomic E-state index is 5.77. The Hall–Kier alpha value is -1.30. The summed E-state index contributed by atoms with van der Waals surface area (Å²) in [5.41, 5.74) is 6.72. The molecule has 96 valence electrons. The number of nitrogens with one attached hydrogen (secondary N) is 1. The Morgan fingerprint density at radius 2 is 2.35 bits per heavy atom. The van der Waals surface area contributed by atoms with E-state index in [9.17, 15) is 0 Å². The number of aliphatic imine (C=N–C) groups is 1. The maximum Gasteiger partial charge on any atom is 0.189 e. The van der Waals surface area contributed by atoms with Crippen LogP contribution < -0.4 is 16.0 Å². The van der Waals surface area contributed by atoms with Crippen molar-refractivity contribution in [3.05, 3.63) is 11.1 Å². The fourth-order valence-corrected chi connectivity index (χ4v) is 1.89. The Morgan fingerprint density at radius 3 is 2.88 bits per heavy atom. The fourth-order valence-electron chi connectivity index (χ4n) is 1.14. The minimum Gasteiger partial charge on any atom is -0.370 e. The number of hydrogen-bond acceptors (Lipinski definition) is 4. The summed E-state index contributed by atoms with van der Waals surface area (Å²) in [4.78, 5) is 10.7. The van der Waals surface area contributed by atoms with E-state index in [0.29, 0.717) is 18.5 Å². The first kappa shape index (κ1) is 13.8. The maximum atomic E-state index is 5.77. The molecule has 5 nitrogen and oxygen atoms in total. The van der Waals surface area contributed by atoms with Gasteiger partial charge in [0.15, 0.2) is 11.1 Å². The Labute approximate surface area is 107 Å². The quantitative estimate of drug-likeness (QED) is 0.617. The van der Waals surface area contributed by atoms with Crippen molar-refractivity contribution < 1.29 is 0 Å². The summed E-state index contributed by atoms with van der Waals surface area (Å²) in [6.45, 7) is 4.71. The molecule has 0 aliphatic heterocycles. The average molecular weight is 255 g/mol. The second kappa shape index (κ2) is 6.44. The number of thiazole rings is 1. The van der Waals surface area contributed by atoms with Gasteiger partial charge in [-0.2, -0.15) is 0 Å². The molecule has 17 heavy (non-hydrogen) atoms. The topological polar surface area (TPSA) is 66.5 Å². The third-order valence-electron chi connectivity index (χ3n) is 2.34. The number of aromatic nitrogens is 1. The zero-order chi connectivity index (χ0) is 12.8. The monoisotopic (exact) mass is 255 g/mol. The van der Waals surface area contributed by atoms with Crippen molar-refractivity contribution >= 4 is 22.4 Å². The molecule has 0 bridgehead atoms. The van der Waals surface area contributed by atoms with E-state index in [1.807, 2.05) is 24.4 Å². The molecule has 3 N–H and O–H groups in total. The van der Waals surface area contributed by atoms with E-state index < -0.39 is 0 Å². The third-order valence-corrected chi connectivity index (χ3v) is 3.40. The predicted molar refractivity (Wildman–Crippen MR) is 74.7 cm³/mol. The van der Waals surface area contributed by atoms with Crippen molar-refractivity contribution in [3.63, 3.8) is 0 Å². The van der Waals surface area contributed by atoms with Crippen molar-refractivity contribution in [1.82, 2.24) is 10.3 Å². The fraction of sp³-hybridized carbons (Fsp3) is 0.636. The molecule has 0 amide bonds. The van der Waals surface area contributed by atoms with Crippen LogP contribution in [0.15, 0.2) is 10.4 Å². The van der Waals surface area contributed by atoms with Gasteiger partial charge in [-0.15, -0.1) is 11.3 Å². The Bertz CT molecular complexity index is 372. The van der Waals surface area contributed by atoms with Crippen molar-refractivity contribution in [2.75, 3.05) is 19.0 Å². The number of nitrogens with two attached hydrogens (primary N) is 1. The van der Waals surface area contributed by atoms with Crippen LogP contribution in [0.1, 0.15) is 26.0 Å². The van der Waals surface area contributed by atoms with Crippen molar-refractivity contribution in [3.8, 4) is 0 Å². The lowest BCUT2D eigenvalue weighted by atomic mass is 10.3. The number of anilines is 1. The van der Waals surface area contributed by atoms with E-state index in [-0.39, 0.29) is 0 Å². The van der Waals surface area contributed by atoms with Crippen molar-refractivity contribution in [2.24, 2.45) is 10.7 Å². The molecule has 0 aromatic carbocycles. The molecule has 1 atom stereocenters. The summed E-state index contributed by atoms with van der Waals surface area (Å²) in [7, 11) is 3.95. The SMILES string of the molecule is CCC(C)NC(N)=NCc1csc(N(C)C)n1. The molecule has 6 heteroatoms. The predicted octanol–water partition coefficient (Wildman–Crippen LogP) is 1.41. The Balaban J connectivity index is 2.50. The largest absolute Gasteiger partial charge is 0.370 e. The van der Waals surface area contributed by atoms with Gasteiger partial charge in [0.25, 0.3) is 0 Å². The van der Waals surface area contributed by atoms with Crippen LogP contribution in [0, 0.1) is 0 Å². The van der Waals surface area contributed by atoms with Gasteiger partial charge in [-0.3, -0.25) is 0 Å². The van der Waals surface area contributed by atoms with Gasteiger partial charge in [0, 0.05) is 25.5 Å². The average Bonchev–Trinajstić information content (AvgIpc) is 2.75. The zero-order valence-corrected chi connectivity index (χ0v) is 11.7. The first-order valence-corrected chi connectivity index (χ1v) is 6.59. The molecule has 0 aliphatic rings. The van der Waals surface area contributed by atoms with Gasteiger partial charge < -0.3 is 16.0 Å². The molecule has 0 aliphatic carbocycles. The van der Waals surface area contributed by atoms with E-state index >= 15 is 0 Å². The summed E-state index contributed by atoms with van der Waals surface area (Å²) in [5, 5.41) is 6.12. The van der Waals surface area contributed by atoms with Gasteiger partial charge in [-0.25, -0.2) is 9.98 Å². The molecular weight excluding hydrogens is 234 g/mol. The van der Waals surface area contributed by atoms with Crippen LogP contribution in [-0.4, -0.2) is 31.1 Å². The molecule has 1 unspecified atom stereocenters. The van der Waals surface area contributed by atoms with Crippen LogP contribution in [-0.2, 0) is 6.54 Å². The molecule has 1 aromatic rings. The number of nitrogens with zero attached hydrogens (tertiary/aromatic N) is 3. The van der Waals surface area contributed by atoms with Crippen molar-refractivity contribution in [1.29, 1.82) is 0 Å². The molecule has 0 spiro atoms. The molecular formula is C11H21N5S. The second-order valence-corrected chi connectivity index (χ2v) is 5.01. The van der Waals surface area contributed by atoms with E-state index in [0.717, 1.165) is 17.2 Å². The lowest BCUT2D eigenvalue weighted by Gasteiger charge is -2.11. The van der Waals surface area contributed by atoms with E-state index in [1.165, 1.54) is 0 Å². The van der Waals surface area contributed by atoms with Crippen LogP contribution in [0.4, 0.5) is 5.13 Å². The highest BCUT2D eigenvalue weighted by atomic mass is 32.1. The van der Waals surface area contributed by atoms with Gasteiger partial charge >= 0.3 is 0 Å². The summed E-state index contributed by atoms with van der Waals surface area (Å²) < 4.78 is 0. The Morgan fingerprint density at radius 1 is 1.65 bits per heavy atom. The van der Waals surface area contributed by atoms with Gasteiger partial charge in [-0.1, -0.05) is 6.92 Å². The molecule has 1 heterocycles. The van der Waals surface area contributed by atoms with E-state index in [1.54, 1.807) is 11.3 Å². The van der Waals surface area contributed by atoms with Crippen LogP contribution in [0.2, 0.25) is 0 Å². The third kappa shape index (κ3) is 4.60. The lowest BCUT2D eigenvalue weighted by Crippen LogP contribution is -2.38. The standard InChI is InChI=1S/C11H21N5S/c1-5-8(2)14-10(12)13-6-9-7-17-11(15-9)16(3)4/h7-8H,5-6H2,1-4H3,(H3,12,13,14). The molecule has 0 radical (unpaired) electrons. The van der Waals surface area contributed by atoms with Gasteiger partial charge in [0.05, 0.1) is 12.2 Å². The van der Waals surface area contributed by atoms with Crippen LogP contribution in [0.3, 0.4) is 0 Å². The van der Waals surface area contributed by atoms with Crippen LogP contribution in [0.25, 0.3) is 0 Å². The lowest BCUT2D eigenvalue weighted by molar-refractivity contribution is 0.636. The smallest absolute Gasteiger partial charge is 0.189 e. The normalized spacial score (nSPS) is 13.5. The number of guanidine groups is 1. The molecule has 1 aromatic heterocycles. The minimum atomic E-state index is 0.353. The minimum absolute atomic E-state index is 0.353. The molecule has 0 saturated carbocycles. The molecule has 0 saturated heterocycles. The molecule has 1 rings (SSSR count). The molecule has 0 fully saturated rings. The van der Waals surface area contributed by atoms with Crippen LogP contribution >= 0.6 is 11.3 Å². The highest BCUT2D eigenvalue weighted by Gasteiger charge is 2.03. The summed E-state index contributed by atoms with van der Waals surface area (Å²) in [6, 6.07) is 0.353. The zero-order valence-electron chi connectivity index (χ0n) is 10.9. The van der Waals surface area contributed by atoms with Gasteiger partial charge in [-0.05, 0) is 13.3 Å². The van der Waals surface area contributed by atoms with E-state index in [4.69, 9.17) is 5.73 Å². The summed E-state index contributed by atoms with van der Waals surface area (Å²) in [6.07, 6.45) is 1.03. The first-order chi connectivity index (χ1) is 8.02. The van der Waals surface area contributed by atoms with E-state index in [2.05, 4.69) is 29.1 Å². The number of hydrogen-bond donors (Lipinski definition) is 2. The summed E-state index contributed by atoms with van der Waals surface area (Å²) >= 11 is 1.61. The van der Waals surface area contributed by atoms with Crippen LogP contribution in [0.5, 0.6) is 0 Å². The highest BCUT2D eigenvalue weighted by Crippen LogP contribution is 2.18. The van der Waals surface area contributed by atoms with Crippen molar-refractivity contribution in [2.45, 2.75) is 32.9 Å². The van der Waals surface area contributed by atoms with Gasteiger partial charge in [0.1, 0.15) is 0 Å². The first-order valence-electron chi connectivity index (χ1n) is 5.71. The Kier molecular flexibility index (Phi) is 5.21. The highest BCUT2D eigenvalue weighted by molar-refractivity contribution is 7.13. The number of rotatable bonds is 5.